The molecule has 146 valence electrons. The second-order valence-corrected chi connectivity index (χ2v) is 9.07. The first-order valence-electron chi connectivity index (χ1n) is 8.20. The molecule has 0 bridgehead atoms. The number of thioether (sulfide) groups is 1. The molecule has 3 aromatic rings. The fraction of sp³-hybridized carbons (Fsp3) is 0.167. The van der Waals surface area contributed by atoms with Gasteiger partial charge in [0.15, 0.2) is 0 Å². The molecule has 0 aliphatic heterocycles. The van der Waals surface area contributed by atoms with Gasteiger partial charge in [0.1, 0.15) is 0 Å². The number of hydrogen-bond acceptors (Lipinski definition) is 7. The molecule has 8 nitrogen and oxygen atoms in total. The van der Waals surface area contributed by atoms with Gasteiger partial charge in [0.2, 0.25) is 15.9 Å². The molecule has 10 heteroatoms. The van der Waals surface area contributed by atoms with Crippen molar-refractivity contribution in [2.24, 2.45) is 0 Å². The number of benzene rings is 2. The van der Waals surface area contributed by atoms with Crippen LogP contribution in [0.4, 0.5) is 6.01 Å². The largest absolute Gasteiger partial charge is 0.407 e. The summed E-state index contributed by atoms with van der Waals surface area (Å²) in [6.07, 6.45) is 0. The molecule has 1 N–H and O–H groups in total. The van der Waals surface area contributed by atoms with Gasteiger partial charge in [-0.3, -0.25) is 10.1 Å². The zero-order valence-corrected chi connectivity index (χ0v) is 16.8. The molecule has 2 aromatic carbocycles. The van der Waals surface area contributed by atoms with E-state index in [0.717, 1.165) is 9.20 Å². The molecule has 28 heavy (non-hydrogen) atoms. The lowest BCUT2D eigenvalue weighted by atomic mass is 10.2. The number of amides is 1. The van der Waals surface area contributed by atoms with Gasteiger partial charge >= 0.3 is 6.01 Å². The highest BCUT2D eigenvalue weighted by atomic mass is 32.2. The van der Waals surface area contributed by atoms with Gasteiger partial charge in [0.05, 0.1) is 10.6 Å². The number of rotatable bonds is 7. The van der Waals surface area contributed by atoms with Crippen LogP contribution in [-0.2, 0) is 15.8 Å². The third-order valence-corrected chi connectivity index (χ3v) is 6.51. The second kappa shape index (κ2) is 8.55. The number of carbonyl (C=O) groups is 1. The van der Waals surface area contributed by atoms with Gasteiger partial charge < -0.3 is 4.42 Å². The predicted octanol–water partition coefficient (Wildman–Crippen LogP) is 2.86. The van der Waals surface area contributed by atoms with E-state index in [2.05, 4.69) is 15.5 Å². The fourth-order valence-corrected chi connectivity index (χ4v) is 3.84. The molecule has 0 aliphatic rings. The normalized spacial score (nSPS) is 11.5. The lowest BCUT2D eigenvalue weighted by Gasteiger charge is -2.11. The van der Waals surface area contributed by atoms with Crippen LogP contribution >= 0.6 is 11.8 Å². The molecule has 1 aromatic heterocycles. The number of carbonyl (C=O) groups excluding carboxylic acids is 1. The highest BCUT2D eigenvalue weighted by Crippen LogP contribution is 2.22. The minimum Gasteiger partial charge on any atom is -0.407 e. The minimum absolute atomic E-state index is 0.0151. The molecular weight excluding hydrogens is 400 g/mol. The Labute approximate surface area is 167 Å². The van der Waals surface area contributed by atoms with Crippen molar-refractivity contribution in [1.29, 1.82) is 0 Å². The molecule has 0 unspecified atom stereocenters. The van der Waals surface area contributed by atoms with Crippen LogP contribution in [0.25, 0.3) is 0 Å². The Morgan fingerprint density at radius 2 is 1.75 bits per heavy atom. The first-order valence-corrected chi connectivity index (χ1v) is 10.6. The first kappa shape index (κ1) is 20.1. The summed E-state index contributed by atoms with van der Waals surface area (Å²) in [6.45, 7) is 0. The van der Waals surface area contributed by atoms with Crippen LogP contribution in [0.3, 0.4) is 0 Å². The van der Waals surface area contributed by atoms with Crippen LogP contribution in [0.5, 0.6) is 0 Å². The summed E-state index contributed by atoms with van der Waals surface area (Å²) in [5, 5.41) is 10.2. The first-order chi connectivity index (χ1) is 13.4. The Balaban J connectivity index is 1.61. The van der Waals surface area contributed by atoms with Gasteiger partial charge in [-0.25, -0.2) is 12.7 Å². The number of aromatic nitrogens is 2. The number of hydrogen-bond donors (Lipinski definition) is 1. The quantitative estimate of drug-likeness (QED) is 0.588. The van der Waals surface area contributed by atoms with Crippen LogP contribution in [-0.4, -0.2) is 42.9 Å². The molecule has 0 saturated carbocycles. The highest BCUT2D eigenvalue weighted by molar-refractivity contribution is 7.98. The number of nitrogens with one attached hydrogen (secondary N) is 1. The molecule has 0 radical (unpaired) electrons. The van der Waals surface area contributed by atoms with Crippen molar-refractivity contribution in [2.45, 2.75) is 15.5 Å². The van der Waals surface area contributed by atoms with Crippen molar-refractivity contribution < 1.29 is 17.6 Å². The Morgan fingerprint density at radius 1 is 1.07 bits per heavy atom. The van der Waals surface area contributed by atoms with Crippen molar-refractivity contribution in [3.8, 4) is 0 Å². The van der Waals surface area contributed by atoms with E-state index in [4.69, 9.17) is 4.42 Å². The molecule has 1 heterocycles. The topological polar surface area (TPSA) is 105 Å². The molecular formula is C18H18N4O4S2. The maximum atomic E-state index is 12.3. The van der Waals surface area contributed by atoms with Gasteiger partial charge in [0, 0.05) is 24.6 Å². The van der Waals surface area contributed by atoms with Crippen LogP contribution in [0.1, 0.15) is 16.2 Å². The van der Waals surface area contributed by atoms with Crippen LogP contribution in [0.2, 0.25) is 0 Å². The summed E-state index contributed by atoms with van der Waals surface area (Å²) in [4.78, 5) is 13.5. The summed E-state index contributed by atoms with van der Waals surface area (Å²) < 4.78 is 30.7. The molecule has 1 amide bonds. The van der Waals surface area contributed by atoms with Gasteiger partial charge in [-0.05, 0) is 36.4 Å². The van der Waals surface area contributed by atoms with Crippen molar-refractivity contribution in [1.82, 2.24) is 14.5 Å². The van der Waals surface area contributed by atoms with E-state index in [9.17, 15) is 13.2 Å². The summed E-state index contributed by atoms with van der Waals surface area (Å²) in [7, 11) is -0.658. The van der Waals surface area contributed by atoms with E-state index >= 15 is 0 Å². The standard InChI is InChI=1S/C18H18N4O4S2/c1-22(2)28(24,25)15-10-8-13(9-11-15)17(23)19-18-21-20-16(26-18)12-27-14-6-4-3-5-7-14/h3-11H,12H2,1-2H3,(H,19,21,23). The molecule has 0 fully saturated rings. The predicted molar refractivity (Wildman–Crippen MR) is 106 cm³/mol. The van der Waals surface area contributed by atoms with E-state index < -0.39 is 15.9 Å². The van der Waals surface area contributed by atoms with Crippen molar-refractivity contribution in [3.05, 3.63) is 66.1 Å². The second-order valence-electron chi connectivity index (χ2n) is 5.87. The number of sulfonamides is 1. The highest BCUT2D eigenvalue weighted by Gasteiger charge is 2.18. The lowest BCUT2D eigenvalue weighted by Crippen LogP contribution is -2.22. The van der Waals surface area contributed by atoms with Gasteiger partial charge in [0.25, 0.3) is 5.91 Å². The van der Waals surface area contributed by atoms with E-state index in [0.29, 0.717) is 11.6 Å². The Hall–Kier alpha value is -2.69. The smallest absolute Gasteiger partial charge is 0.322 e. The monoisotopic (exact) mass is 418 g/mol. The van der Waals surface area contributed by atoms with E-state index in [-0.39, 0.29) is 16.5 Å². The van der Waals surface area contributed by atoms with Crippen LogP contribution in [0.15, 0.2) is 68.8 Å². The fourth-order valence-electron chi connectivity index (χ4n) is 2.18. The summed E-state index contributed by atoms with van der Waals surface area (Å²) in [5.74, 6) is 0.389. The Kier molecular flexibility index (Phi) is 6.12. The average Bonchev–Trinajstić information content (AvgIpc) is 3.14. The SMILES string of the molecule is CN(C)S(=O)(=O)c1ccc(C(=O)Nc2nnc(CSc3ccccc3)o2)cc1. The molecule has 0 aliphatic carbocycles. The van der Waals surface area contributed by atoms with Crippen LogP contribution < -0.4 is 5.32 Å². The maximum absolute atomic E-state index is 12.3. The average molecular weight is 419 g/mol. The molecule has 0 spiro atoms. The van der Waals surface area contributed by atoms with E-state index in [1.165, 1.54) is 50.1 Å². The third-order valence-electron chi connectivity index (χ3n) is 3.69. The lowest BCUT2D eigenvalue weighted by molar-refractivity contribution is 0.102. The number of anilines is 1. The minimum atomic E-state index is -3.55. The van der Waals surface area contributed by atoms with Gasteiger partial charge in [-0.15, -0.1) is 16.9 Å². The molecule has 3 rings (SSSR count). The molecule has 0 atom stereocenters. The summed E-state index contributed by atoms with van der Waals surface area (Å²) in [6, 6.07) is 15.4. The van der Waals surface area contributed by atoms with Crippen molar-refractivity contribution in [2.75, 3.05) is 19.4 Å². The Morgan fingerprint density at radius 3 is 2.39 bits per heavy atom. The number of nitrogens with zero attached hydrogens (tertiary/aromatic N) is 3. The maximum Gasteiger partial charge on any atom is 0.322 e. The zero-order valence-electron chi connectivity index (χ0n) is 15.2. The van der Waals surface area contributed by atoms with E-state index in [1.54, 1.807) is 0 Å². The van der Waals surface area contributed by atoms with Crippen LogP contribution in [0, 0.1) is 0 Å². The third kappa shape index (κ3) is 4.77. The van der Waals surface area contributed by atoms with Gasteiger partial charge in [-0.2, -0.15) is 0 Å². The van der Waals surface area contributed by atoms with Crippen molar-refractivity contribution in [3.63, 3.8) is 0 Å². The Bertz CT molecular complexity index is 1050. The van der Waals surface area contributed by atoms with E-state index in [1.807, 2.05) is 30.3 Å². The van der Waals surface area contributed by atoms with Gasteiger partial charge in [-0.1, -0.05) is 23.3 Å². The summed E-state index contributed by atoms with van der Waals surface area (Å²) in [5.41, 5.74) is 0.274. The zero-order chi connectivity index (χ0) is 20.1. The summed E-state index contributed by atoms with van der Waals surface area (Å²) >= 11 is 1.54. The molecule has 0 saturated heterocycles. The van der Waals surface area contributed by atoms with Crippen molar-refractivity contribution >= 4 is 33.7 Å².